The first kappa shape index (κ1) is 23.5. The zero-order valence-electron chi connectivity index (χ0n) is 18.9. The highest BCUT2D eigenvalue weighted by atomic mass is 19.1. The second kappa shape index (κ2) is 9.96. The lowest BCUT2D eigenvalue weighted by Crippen LogP contribution is -2.32. The predicted molar refractivity (Wildman–Crippen MR) is 121 cm³/mol. The molecule has 0 aromatic heterocycles. The molecule has 0 aliphatic carbocycles. The standard InChI is InChI=1S/C25H29FN2O4/c1-5-16-7-9-17(10-8-16)22-21(23(29)18-11-12-20(32-4)19(26)15-18)24(30)25(31)28(22)14-6-13-27(2)3/h7-12,15,22,29H,5-6,13-14H2,1-4H3/b23-21+. The van der Waals surface area contributed by atoms with E-state index in [0.29, 0.717) is 13.0 Å². The second-order valence-corrected chi connectivity index (χ2v) is 8.09. The van der Waals surface area contributed by atoms with Gasteiger partial charge in [-0.3, -0.25) is 9.59 Å². The third-order valence-electron chi connectivity index (χ3n) is 5.67. The first-order valence-electron chi connectivity index (χ1n) is 10.6. The molecule has 1 aliphatic heterocycles. The Morgan fingerprint density at radius 1 is 1.16 bits per heavy atom. The molecule has 0 saturated carbocycles. The van der Waals surface area contributed by atoms with E-state index in [2.05, 4.69) is 0 Å². The van der Waals surface area contributed by atoms with E-state index in [-0.39, 0.29) is 16.9 Å². The van der Waals surface area contributed by atoms with Gasteiger partial charge >= 0.3 is 0 Å². The summed E-state index contributed by atoms with van der Waals surface area (Å²) in [5, 5.41) is 11.0. The fraction of sp³-hybridized carbons (Fsp3) is 0.360. The normalized spacial score (nSPS) is 17.9. The van der Waals surface area contributed by atoms with Crippen LogP contribution in [-0.2, 0) is 16.0 Å². The van der Waals surface area contributed by atoms with Crippen LogP contribution >= 0.6 is 0 Å². The molecule has 0 spiro atoms. The molecule has 3 rings (SSSR count). The average Bonchev–Trinajstić information content (AvgIpc) is 3.03. The summed E-state index contributed by atoms with van der Waals surface area (Å²) in [6, 6.07) is 10.8. The van der Waals surface area contributed by atoms with Gasteiger partial charge in [-0.2, -0.15) is 0 Å². The number of hydrogen-bond acceptors (Lipinski definition) is 5. The van der Waals surface area contributed by atoms with Crippen LogP contribution in [0.4, 0.5) is 4.39 Å². The first-order chi connectivity index (χ1) is 15.3. The van der Waals surface area contributed by atoms with E-state index in [0.717, 1.165) is 30.2 Å². The highest BCUT2D eigenvalue weighted by molar-refractivity contribution is 6.46. The number of amides is 1. The van der Waals surface area contributed by atoms with Crippen molar-refractivity contribution in [1.82, 2.24) is 9.80 Å². The lowest BCUT2D eigenvalue weighted by Gasteiger charge is -2.26. The number of methoxy groups -OCH3 is 1. The van der Waals surface area contributed by atoms with Crippen molar-refractivity contribution in [3.8, 4) is 5.75 Å². The molecule has 0 bridgehead atoms. The zero-order chi connectivity index (χ0) is 23.4. The van der Waals surface area contributed by atoms with Crippen LogP contribution in [0.25, 0.3) is 5.76 Å². The largest absolute Gasteiger partial charge is 0.507 e. The van der Waals surface area contributed by atoms with Gasteiger partial charge in [0.25, 0.3) is 11.7 Å². The van der Waals surface area contributed by atoms with Gasteiger partial charge in [-0.25, -0.2) is 4.39 Å². The monoisotopic (exact) mass is 440 g/mol. The second-order valence-electron chi connectivity index (χ2n) is 8.09. The van der Waals surface area contributed by atoms with Crippen LogP contribution in [0.2, 0.25) is 0 Å². The minimum atomic E-state index is -0.770. The van der Waals surface area contributed by atoms with Gasteiger partial charge in [0, 0.05) is 12.1 Å². The van der Waals surface area contributed by atoms with Gasteiger partial charge in [-0.1, -0.05) is 31.2 Å². The molecule has 2 aromatic rings. The van der Waals surface area contributed by atoms with Crippen LogP contribution in [0.5, 0.6) is 5.75 Å². The number of ether oxygens (including phenoxy) is 1. The van der Waals surface area contributed by atoms with Crippen molar-refractivity contribution in [2.45, 2.75) is 25.8 Å². The maximum absolute atomic E-state index is 14.3. The highest BCUT2D eigenvalue weighted by Gasteiger charge is 2.45. The quantitative estimate of drug-likeness (QED) is 0.384. The molecule has 1 saturated heterocycles. The summed E-state index contributed by atoms with van der Waals surface area (Å²) in [6.45, 7) is 3.14. The number of carbonyl (C=O) groups excluding carboxylic acids is 2. The van der Waals surface area contributed by atoms with Gasteiger partial charge in [-0.05, 0) is 62.8 Å². The number of hydrogen-bond donors (Lipinski definition) is 1. The van der Waals surface area contributed by atoms with Crippen LogP contribution < -0.4 is 4.74 Å². The van der Waals surface area contributed by atoms with Crippen LogP contribution in [0.15, 0.2) is 48.0 Å². The van der Waals surface area contributed by atoms with Gasteiger partial charge in [0.1, 0.15) is 5.76 Å². The topological polar surface area (TPSA) is 70.1 Å². The number of aliphatic hydroxyl groups is 1. The van der Waals surface area contributed by atoms with Crippen molar-refractivity contribution in [1.29, 1.82) is 0 Å². The van der Waals surface area contributed by atoms with E-state index in [4.69, 9.17) is 4.74 Å². The fourth-order valence-corrected chi connectivity index (χ4v) is 3.92. The molecule has 1 fully saturated rings. The van der Waals surface area contributed by atoms with Crippen molar-refractivity contribution in [2.75, 3.05) is 34.3 Å². The van der Waals surface area contributed by atoms with Crippen molar-refractivity contribution < 1.29 is 23.8 Å². The van der Waals surface area contributed by atoms with Gasteiger partial charge in [0.2, 0.25) is 0 Å². The Kier molecular flexibility index (Phi) is 7.30. The summed E-state index contributed by atoms with van der Waals surface area (Å²) in [4.78, 5) is 29.4. The molecule has 6 nitrogen and oxygen atoms in total. The number of Topliss-reactive ketones (excluding diaryl/α,β-unsaturated/α-hetero) is 1. The van der Waals surface area contributed by atoms with Crippen LogP contribution in [-0.4, -0.2) is 60.9 Å². The van der Waals surface area contributed by atoms with E-state index in [9.17, 15) is 19.1 Å². The van der Waals surface area contributed by atoms with E-state index in [1.165, 1.54) is 24.1 Å². The summed E-state index contributed by atoms with van der Waals surface area (Å²) < 4.78 is 19.2. The van der Waals surface area contributed by atoms with Gasteiger partial charge in [-0.15, -0.1) is 0 Å². The Bertz CT molecular complexity index is 1030. The smallest absolute Gasteiger partial charge is 0.295 e. The number of likely N-dealkylation sites (tertiary alicyclic amines) is 1. The SMILES string of the molecule is CCc1ccc(C2/C(=C(\O)c3ccc(OC)c(F)c3)C(=O)C(=O)N2CCCN(C)C)cc1. The van der Waals surface area contributed by atoms with Crippen LogP contribution in [0.1, 0.15) is 36.1 Å². The van der Waals surface area contributed by atoms with Crippen molar-refractivity contribution in [2.24, 2.45) is 0 Å². The summed E-state index contributed by atoms with van der Waals surface area (Å²) in [5.74, 6) is -2.47. The number of benzene rings is 2. The number of rotatable bonds is 8. The van der Waals surface area contributed by atoms with E-state index < -0.39 is 29.3 Å². The first-order valence-corrected chi connectivity index (χ1v) is 10.6. The summed E-state index contributed by atoms with van der Waals surface area (Å²) >= 11 is 0. The summed E-state index contributed by atoms with van der Waals surface area (Å²) in [6.07, 6.45) is 1.52. The Morgan fingerprint density at radius 2 is 1.84 bits per heavy atom. The van der Waals surface area contributed by atoms with Gasteiger partial charge in [0.15, 0.2) is 11.6 Å². The molecule has 1 amide bonds. The van der Waals surface area contributed by atoms with Gasteiger partial charge < -0.3 is 19.6 Å². The summed E-state index contributed by atoms with van der Waals surface area (Å²) in [7, 11) is 5.22. The molecule has 1 atom stereocenters. The number of aryl methyl sites for hydroxylation is 1. The number of nitrogens with zero attached hydrogens (tertiary/aromatic N) is 2. The Balaban J connectivity index is 2.10. The van der Waals surface area contributed by atoms with Crippen molar-refractivity contribution in [3.05, 3.63) is 70.5 Å². The summed E-state index contributed by atoms with van der Waals surface area (Å²) in [5.41, 5.74) is 1.93. The molecule has 1 heterocycles. The number of aliphatic hydroxyl groups excluding tert-OH is 1. The van der Waals surface area contributed by atoms with Crippen molar-refractivity contribution in [3.63, 3.8) is 0 Å². The zero-order valence-corrected chi connectivity index (χ0v) is 18.9. The molecule has 1 aliphatic rings. The van der Waals surface area contributed by atoms with E-state index >= 15 is 0 Å². The van der Waals surface area contributed by atoms with Crippen molar-refractivity contribution >= 4 is 17.4 Å². The molecule has 1 N–H and O–H groups in total. The minimum absolute atomic E-state index is 0.0254. The predicted octanol–water partition coefficient (Wildman–Crippen LogP) is 3.77. The lowest BCUT2D eigenvalue weighted by molar-refractivity contribution is -0.139. The van der Waals surface area contributed by atoms with E-state index in [1.54, 1.807) is 0 Å². The maximum Gasteiger partial charge on any atom is 0.295 e. The third-order valence-corrected chi connectivity index (χ3v) is 5.67. The molecule has 7 heteroatoms. The Morgan fingerprint density at radius 3 is 2.41 bits per heavy atom. The Hall–Kier alpha value is -3.19. The van der Waals surface area contributed by atoms with Crippen LogP contribution in [0, 0.1) is 5.82 Å². The maximum atomic E-state index is 14.3. The number of carbonyl (C=O) groups is 2. The van der Waals surface area contributed by atoms with Crippen LogP contribution in [0.3, 0.4) is 0 Å². The highest BCUT2D eigenvalue weighted by Crippen LogP contribution is 2.40. The molecule has 32 heavy (non-hydrogen) atoms. The van der Waals surface area contributed by atoms with E-state index in [1.807, 2.05) is 50.2 Å². The lowest BCUT2D eigenvalue weighted by atomic mass is 9.94. The number of ketones is 1. The fourth-order valence-electron chi connectivity index (χ4n) is 3.92. The molecule has 1 unspecified atom stereocenters. The average molecular weight is 441 g/mol. The third kappa shape index (κ3) is 4.67. The molecular formula is C25H29FN2O4. The molecule has 2 aromatic carbocycles. The number of halogens is 1. The molecular weight excluding hydrogens is 411 g/mol. The molecule has 170 valence electrons. The van der Waals surface area contributed by atoms with Gasteiger partial charge in [0.05, 0.1) is 18.7 Å². The minimum Gasteiger partial charge on any atom is -0.507 e. The molecule has 0 radical (unpaired) electrons. The Labute approximate surface area is 187 Å².